The lowest BCUT2D eigenvalue weighted by Crippen LogP contribution is -1.81. The minimum atomic E-state index is 1.22. The van der Waals surface area contributed by atoms with Crippen molar-refractivity contribution in [3.63, 3.8) is 0 Å². The molecule has 0 nitrogen and oxygen atoms in total. The van der Waals surface area contributed by atoms with Crippen molar-refractivity contribution in [3.05, 3.63) is 0 Å². The molecule has 0 aliphatic carbocycles. The van der Waals surface area contributed by atoms with Crippen LogP contribution >= 0.6 is 22.5 Å². The molecular formula is C11H24S2. The molecule has 0 bridgehead atoms. The Balaban J connectivity index is 2.76. The molecule has 13 heavy (non-hydrogen) atoms. The lowest BCUT2D eigenvalue weighted by molar-refractivity contribution is 0.573. The first-order valence-corrected chi connectivity index (χ1v) is 7.72. The zero-order valence-electron chi connectivity index (χ0n) is 8.93. The van der Waals surface area contributed by atoms with Crippen molar-refractivity contribution >= 4 is 22.5 Å². The Kier molecular flexibility index (Phi) is 13.4. The normalized spacial score (nSPS) is 10.6. The van der Waals surface area contributed by atoms with Gasteiger partial charge in [0.25, 0.3) is 0 Å². The minimum absolute atomic E-state index is 1.22. The van der Waals surface area contributed by atoms with Crippen LogP contribution in [0.1, 0.15) is 64.7 Å². The van der Waals surface area contributed by atoms with Crippen LogP contribution in [0, 0.1) is 0 Å². The topological polar surface area (TPSA) is 0 Å². The Labute approximate surface area is 93.1 Å². The van der Waals surface area contributed by atoms with Gasteiger partial charge in [0.2, 0.25) is 0 Å². The van der Waals surface area contributed by atoms with Gasteiger partial charge in [-0.15, -0.1) is 11.7 Å². The van der Waals surface area contributed by atoms with E-state index in [1.165, 1.54) is 63.5 Å². The SMILES string of the molecule is CCCCCCCCCCCSS. The van der Waals surface area contributed by atoms with E-state index in [0.717, 1.165) is 0 Å². The molecule has 0 aromatic carbocycles. The summed E-state index contributed by atoms with van der Waals surface area (Å²) in [5.41, 5.74) is 0. The van der Waals surface area contributed by atoms with E-state index in [1.807, 2.05) is 0 Å². The van der Waals surface area contributed by atoms with E-state index >= 15 is 0 Å². The van der Waals surface area contributed by atoms with Crippen molar-refractivity contribution in [1.29, 1.82) is 0 Å². The molecule has 0 unspecified atom stereocenters. The Bertz CT molecular complexity index is 74.2. The zero-order valence-corrected chi connectivity index (χ0v) is 10.6. The molecule has 0 radical (unpaired) electrons. The maximum Gasteiger partial charge on any atom is 0.00345 e. The number of hydrogen-bond acceptors (Lipinski definition) is 2. The quantitative estimate of drug-likeness (QED) is 0.304. The van der Waals surface area contributed by atoms with Crippen LogP contribution in [0.4, 0.5) is 0 Å². The summed E-state index contributed by atoms with van der Waals surface area (Å²) in [4.78, 5) is 0. The fourth-order valence-corrected chi connectivity index (χ4v) is 2.20. The third-order valence-corrected chi connectivity index (χ3v) is 3.36. The van der Waals surface area contributed by atoms with Crippen LogP contribution in [0.2, 0.25) is 0 Å². The van der Waals surface area contributed by atoms with E-state index < -0.39 is 0 Å². The molecule has 0 heterocycles. The standard InChI is InChI=1S/C11H24S2/c1-2-3-4-5-6-7-8-9-10-11-13-12/h12H,2-11H2,1H3. The lowest BCUT2D eigenvalue weighted by atomic mass is 10.1. The van der Waals surface area contributed by atoms with E-state index in [4.69, 9.17) is 0 Å². The highest BCUT2D eigenvalue weighted by Gasteiger charge is 1.91. The molecule has 0 N–H and O–H groups in total. The van der Waals surface area contributed by atoms with Crippen LogP contribution < -0.4 is 0 Å². The highest BCUT2D eigenvalue weighted by atomic mass is 33.1. The van der Waals surface area contributed by atoms with Crippen molar-refractivity contribution in [2.45, 2.75) is 64.7 Å². The van der Waals surface area contributed by atoms with Crippen molar-refractivity contribution in [3.8, 4) is 0 Å². The van der Waals surface area contributed by atoms with Gasteiger partial charge in [0, 0.05) is 5.75 Å². The fraction of sp³-hybridized carbons (Fsp3) is 1.00. The molecule has 80 valence electrons. The van der Waals surface area contributed by atoms with Crippen LogP contribution in [0.15, 0.2) is 0 Å². The smallest absolute Gasteiger partial charge is 0.00345 e. The number of rotatable bonds is 10. The summed E-state index contributed by atoms with van der Waals surface area (Å²) >= 11 is 4.12. The molecule has 0 aromatic rings. The molecule has 2 heteroatoms. The third kappa shape index (κ3) is 12.7. The van der Waals surface area contributed by atoms with E-state index in [2.05, 4.69) is 18.6 Å². The molecule has 0 rings (SSSR count). The third-order valence-electron chi connectivity index (χ3n) is 2.34. The maximum absolute atomic E-state index is 4.12. The lowest BCUT2D eigenvalue weighted by Gasteiger charge is -2.00. The molecule has 0 saturated carbocycles. The highest BCUT2D eigenvalue weighted by molar-refractivity contribution is 8.68. The molecule has 0 spiro atoms. The number of unbranched alkanes of at least 4 members (excludes halogenated alkanes) is 8. The van der Waals surface area contributed by atoms with Gasteiger partial charge in [-0.1, -0.05) is 69.1 Å². The molecule has 0 aliphatic rings. The molecular weight excluding hydrogens is 196 g/mol. The van der Waals surface area contributed by atoms with Gasteiger partial charge in [-0.2, -0.15) is 0 Å². The van der Waals surface area contributed by atoms with Crippen molar-refractivity contribution in [1.82, 2.24) is 0 Å². The molecule has 0 saturated heterocycles. The summed E-state index contributed by atoms with van der Waals surface area (Å²) in [6, 6.07) is 0. The molecule has 0 aromatic heterocycles. The van der Waals surface area contributed by atoms with Gasteiger partial charge in [-0.25, -0.2) is 0 Å². The predicted octanol–water partition coefficient (Wildman–Crippen LogP) is 5.10. The second kappa shape index (κ2) is 12.7. The van der Waals surface area contributed by atoms with Crippen molar-refractivity contribution in [2.75, 3.05) is 5.75 Å². The monoisotopic (exact) mass is 220 g/mol. The van der Waals surface area contributed by atoms with Crippen LogP contribution in [-0.2, 0) is 0 Å². The molecule has 0 atom stereocenters. The summed E-state index contributed by atoms with van der Waals surface area (Å²) in [7, 11) is 1.67. The number of hydrogen-bond donors (Lipinski definition) is 1. The van der Waals surface area contributed by atoms with Crippen LogP contribution in [0.5, 0.6) is 0 Å². The average molecular weight is 220 g/mol. The first-order valence-electron chi connectivity index (χ1n) is 5.68. The maximum atomic E-state index is 4.12. The Morgan fingerprint density at radius 3 is 1.69 bits per heavy atom. The molecule has 0 amide bonds. The van der Waals surface area contributed by atoms with Crippen LogP contribution in [0.3, 0.4) is 0 Å². The van der Waals surface area contributed by atoms with Gasteiger partial charge in [-0.05, 0) is 6.42 Å². The van der Waals surface area contributed by atoms with Gasteiger partial charge < -0.3 is 0 Å². The summed E-state index contributed by atoms with van der Waals surface area (Å²) < 4.78 is 0. The second-order valence-electron chi connectivity index (χ2n) is 3.66. The van der Waals surface area contributed by atoms with Gasteiger partial charge >= 0.3 is 0 Å². The Hall–Kier alpha value is 0.700. The Morgan fingerprint density at radius 1 is 0.769 bits per heavy atom. The first kappa shape index (κ1) is 13.7. The van der Waals surface area contributed by atoms with E-state index in [0.29, 0.717) is 0 Å². The average Bonchev–Trinajstić information content (AvgIpc) is 2.16. The largest absolute Gasteiger partial charge is 0.111 e. The summed E-state index contributed by atoms with van der Waals surface area (Å²) in [6.45, 7) is 2.27. The van der Waals surface area contributed by atoms with Crippen LogP contribution in [0.25, 0.3) is 0 Å². The Morgan fingerprint density at radius 2 is 1.23 bits per heavy atom. The second-order valence-corrected chi connectivity index (χ2v) is 5.10. The predicted molar refractivity (Wildman–Crippen MR) is 68.7 cm³/mol. The fourth-order valence-electron chi connectivity index (χ4n) is 1.48. The van der Waals surface area contributed by atoms with Gasteiger partial charge in [-0.3, -0.25) is 0 Å². The van der Waals surface area contributed by atoms with Gasteiger partial charge in [0.05, 0.1) is 0 Å². The summed E-state index contributed by atoms with van der Waals surface area (Å²) in [5, 5.41) is 0. The first-order chi connectivity index (χ1) is 6.41. The molecule has 0 fully saturated rings. The van der Waals surface area contributed by atoms with Crippen LogP contribution in [-0.4, -0.2) is 5.75 Å². The zero-order chi connectivity index (χ0) is 9.78. The van der Waals surface area contributed by atoms with Crippen molar-refractivity contribution < 1.29 is 0 Å². The van der Waals surface area contributed by atoms with Crippen molar-refractivity contribution in [2.24, 2.45) is 0 Å². The number of thiol groups is 1. The van der Waals surface area contributed by atoms with Gasteiger partial charge in [0.15, 0.2) is 0 Å². The van der Waals surface area contributed by atoms with E-state index in [1.54, 1.807) is 10.8 Å². The van der Waals surface area contributed by atoms with E-state index in [9.17, 15) is 0 Å². The highest BCUT2D eigenvalue weighted by Crippen LogP contribution is 2.12. The molecule has 0 aliphatic heterocycles. The summed E-state index contributed by atoms with van der Waals surface area (Å²) in [6.07, 6.45) is 12.8. The summed E-state index contributed by atoms with van der Waals surface area (Å²) in [5.74, 6) is 1.22. The minimum Gasteiger partial charge on any atom is -0.111 e. The van der Waals surface area contributed by atoms with E-state index in [-0.39, 0.29) is 0 Å². The van der Waals surface area contributed by atoms with Gasteiger partial charge in [0.1, 0.15) is 0 Å².